The molecule has 3 aromatic rings. The molecule has 3 unspecified atom stereocenters. The fourth-order valence-electron chi connectivity index (χ4n) is 4.76. The lowest BCUT2D eigenvalue weighted by molar-refractivity contribution is -0.158. The number of H-pyrrole nitrogens is 1. The molecule has 18 heteroatoms. The Morgan fingerprint density at radius 1 is 1.19 bits per heavy atom. The van der Waals surface area contributed by atoms with Crippen LogP contribution >= 0.6 is 7.75 Å². The van der Waals surface area contributed by atoms with E-state index < -0.39 is 58.2 Å². The van der Waals surface area contributed by atoms with Crippen molar-refractivity contribution in [3.8, 4) is 0 Å². The summed E-state index contributed by atoms with van der Waals surface area (Å²) >= 11 is 0. The van der Waals surface area contributed by atoms with Crippen molar-refractivity contribution in [1.29, 1.82) is 0 Å². The maximum atomic E-state index is 13.2. The van der Waals surface area contributed by atoms with Crippen LogP contribution in [0.5, 0.6) is 0 Å². The number of rotatable bonds is 14. The van der Waals surface area contributed by atoms with Crippen molar-refractivity contribution in [2.24, 2.45) is 5.92 Å². The Kier molecular flexibility index (Phi) is 11.0. The second-order valence-electron chi connectivity index (χ2n) is 13.7. The number of nitrogens with zero attached hydrogens (tertiary/aromatic N) is 5. The van der Waals surface area contributed by atoms with Gasteiger partial charge in [-0.1, -0.05) is 34.6 Å². The van der Waals surface area contributed by atoms with Crippen LogP contribution in [0.4, 0.5) is 5.95 Å². The summed E-state index contributed by atoms with van der Waals surface area (Å²) in [5.41, 5.74) is -0.227. The molecule has 0 spiro atoms. The maximum absolute atomic E-state index is 13.2. The van der Waals surface area contributed by atoms with E-state index in [1.165, 1.54) is 32.6 Å². The molecule has 16 nitrogen and oxygen atoms in total. The lowest BCUT2D eigenvalue weighted by Crippen LogP contribution is -2.50. The Hall–Kier alpha value is -3.21. The number of aromatic amines is 1. The molecule has 4 heterocycles. The summed E-state index contributed by atoms with van der Waals surface area (Å²) in [7, 11) is -7.10. The number of aromatic nitrogens is 6. The van der Waals surface area contributed by atoms with Gasteiger partial charge in [0.1, 0.15) is 24.3 Å². The molecule has 47 heavy (non-hydrogen) atoms. The number of hydrogen-bond donors (Lipinski definition) is 3. The topological polar surface area (TPSA) is 202 Å². The predicted molar refractivity (Wildman–Crippen MR) is 175 cm³/mol. The molecule has 1 aliphatic heterocycles. The van der Waals surface area contributed by atoms with Gasteiger partial charge in [0, 0.05) is 25.4 Å². The molecule has 1 fully saturated rings. The summed E-state index contributed by atoms with van der Waals surface area (Å²) in [4.78, 5) is 64.1. The van der Waals surface area contributed by atoms with Gasteiger partial charge in [0.2, 0.25) is 5.95 Å². The van der Waals surface area contributed by atoms with Crippen LogP contribution in [0.2, 0.25) is 18.1 Å². The fraction of sp³-hybridized carbons (Fsp3) is 0.655. The summed E-state index contributed by atoms with van der Waals surface area (Å²) in [6.07, 6.45) is -0.528. The van der Waals surface area contributed by atoms with E-state index in [1.807, 2.05) is 26.9 Å². The number of hydrogen-bond acceptors (Lipinski definition) is 12. The largest absolute Gasteiger partial charge is 0.457 e. The Bertz CT molecular complexity index is 1670. The number of ketones is 1. The maximum Gasteiger partial charge on any atom is 0.437 e. The highest BCUT2D eigenvalue weighted by Crippen LogP contribution is 2.48. The zero-order valence-corrected chi connectivity index (χ0v) is 30.2. The molecule has 0 amide bonds. The zero-order chi connectivity index (χ0) is 34.9. The summed E-state index contributed by atoms with van der Waals surface area (Å²) in [6, 6.07) is 0. The van der Waals surface area contributed by atoms with E-state index in [2.05, 4.69) is 46.0 Å². The Labute approximate surface area is 274 Å². The second kappa shape index (κ2) is 14.1. The molecule has 1 aliphatic rings. The van der Waals surface area contributed by atoms with Gasteiger partial charge in [-0.3, -0.25) is 23.7 Å². The Morgan fingerprint density at radius 2 is 1.89 bits per heavy atom. The van der Waals surface area contributed by atoms with Crippen molar-refractivity contribution in [3.63, 3.8) is 0 Å². The van der Waals surface area contributed by atoms with E-state index in [4.69, 9.17) is 18.4 Å². The number of imidazole rings is 2. The molecule has 0 aromatic carbocycles. The van der Waals surface area contributed by atoms with Crippen LogP contribution < -0.4 is 10.9 Å². The summed E-state index contributed by atoms with van der Waals surface area (Å²) in [5, 5.41) is 2.83. The van der Waals surface area contributed by atoms with Gasteiger partial charge in [0.05, 0.1) is 18.9 Å². The molecule has 4 rings (SSSR count). The number of carbonyl (C=O) groups excluding carboxylic acids is 2. The van der Waals surface area contributed by atoms with Crippen LogP contribution in [0.1, 0.15) is 67.5 Å². The summed E-state index contributed by atoms with van der Waals surface area (Å²) < 4.78 is 40.8. The van der Waals surface area contributed by atoms with Crippen LogP contribution in [0.15, 0.2) is 29.8 Å². The third kappa shape index (κ3) is 8.45. The molecule has 0 radical (unpaired) electrons. The average molecular weight is 696 g/mol. The van der Waals surface area contributed by atoms with Crippen molar-refractivity contribution in [1.82, 2.24) is 28.8 Å². The van der Waals surface area contributed by atoms with Crippen molar-refractivity contribution in [2.75, 3.05) is 11.9 Å². The summed E-state index contributed by atoms with van der Waals surface area (Å²) in [5.74, 6) is -0.358. The number of anilines is 1. The fourth-order valence-corrected chi connectivity index (χ4v) is 7.13. The van der Waals surface area contributed by atoms with E-state index in [0.29, 0.717) is 6.54 Å². The molecule has 3 aromatic heterocycles. The Morgan fingerprint density at radius 3 is 2.49 bits per heavy atom. The monoisotopic (exact) mass is 695 g/mol. The summed E-state index contributed by atoms with van der Waals surface area (Å²) in [6.45, 7) is 17.7. The van der Waals surface area contributed by atoms with Gasteiger partial charge in [-0.05, 0) is 37.9 Å². The van der Waals surface area contributed by atoms with E-state index in [1.54, 1.807) is 4.57 Å². The lowest BCUT2D eigenvalue weighted by Gasteiger charge is -2.40. The van der Waals surface area contributed by atoms with E-state index in [-0.39, 0.29) is 46.7 Å². The SMILES string of the molecule is CC(=O)CCC(=O)OC1[C@@H](C(C)OP(=O)(O)n2ccnc2)O[C@@H](n2cnc3c(=O)[nH]c(NCC(C)C)nc32)[C@H]1O[Si](C)(C)C(C)(C)C. The minimum Gasteiger partial charge on any atom is -0.457 e. The highest BCUT2D eigenvalue weighted by Gasteiger charge is 2.55. The van der Waals surface area contributed by atoms with Crippen molar-refractivity contribution in [2.45, 2.75) is 110 Å². The second-order valence-corrected chi connectivity index (χ2v) is 20.2. The van der Waals surface area contributed by atoms with Crippen molar-refractivity contribution >= 4 is 44.9 Å². The first-order valence-electron chi connectivity index (χ1n) is 15.5. The minimum atomic E-state index is -4.46. The molecular formula is C29H46N7O9PSi. The van der Waals surface area contributed by atoms with Crippen LogP contribution in [0, 0.1) is 5.92 Å². The standard InChI is InChI=1S/C29H46N7O9PSi/c1-17(2)14-31-28-33-25-21(26(39)34-28)32-16-36(25)27-24(45-47(8,9)29(5,6)7)23(42-20(38)11-10-18(3)37)22(43-27)19(4)44-46(40,41)35-13-12-30-15-35/h12-13,15-17,19,22-24,27H,10-11,14H2,1-9H3,(H,40,41)(H2,31,33,34,39)/t19?,22-,23?,24+,27-/m1/s1. The molecule has 260 valence electrons. The molecule has 0 aliphatic carbocycles. The van der Waals surface area contributed by atoms with E-state index in [0.717, 1.165) is 10.7 Å². The third-order valence-corrected chi connectivity index (χ3v) is 14.2. The number of carbonyl (C=O) groups is 2. The molecule has 1 saturated heterocycles. The minimum absolute atomic E-state index is 0.0300. The van der Waals surface area contributed by atoms with E-state index in [9.17, 15) is 23.8 Å². The van der Waals surface area contributed by atoms with Crippen molar-refractivity contribution < 1.29 is 37.5 Å². The number of fused-ring (bicyclic) bond motifs is 1. The first-order chi connectivity index (χ1) is 21.8. The van der Waals surface area contributed by atoms with Crippen LogP contribution in [-0.2, 0) is 32.6 Å². The predicted octanol–water partition coefficient (Wildman–Crippen LogP) is 4.01. The van der Waals surface area contributed by atoms with Gasteiger partial charge >= 0.3 is 13.7 Å². The van der Waals surface area contributed by atoms with Crippen LogP contribution in [0.3, 0.4) is 0 Å². The third-order valence-electron chi connectivity index (χ3n) is 8.34. The molecule has 0 saturated carbocycles. The van der Waals surface area contributed by atoms with Gasteiger partial charge in [-0.2, -0.15) is 4.98 Å². The molecule has 6 atom stereocenters. The van der Waals surface area contributed by atoms with Crippen LogP contribution in [-0.4, -0.2) is 84.8 Å². The zero-order valence-electron chi connectivity index (χ0n) is 28.3. The molecule has 3 N–H and O–H groups in total. The highest BCUT2D eigenvalue weighted by atomic mass is 31.2. The number of esters is 1. The first kappa shape index (κ1) is 36.6. The normalized spacial score (nSPS) is 22.4. The Balaban J connectivity index is 1.82. The highest BCUT2D eigenvalue weighted by molar-refractivity contribution is 7.51. The lowest BCUT2D eigenvalue weighted by atomic mass is 10.1. The van der Waals surface area contributed by atoms with Gasteiger partial charge in [-0.15, -0.1) is 0 Å². The van der Waals surface area contributed by atoms with Gasteiger partial charge < -0.3 is 28.9 Å². The van der Waals surface area contributed by atoms with Crippen molar-refractivity contribution in [3.05, 3.63) is 35.4 Å². The van der Waals surface area contributed by atoms with E-state index >= 15 is 0 Å². The smallest absolute Gasteiger partial charge is 0.437 e. The quantitative estimate of drug-likeness (QED) is 0.124. The van der Waals surface area contributed by atoms with Gasteiger partial charge in [0.25, 0.3) is 5.56 Å². The number of ether oxygens (including phenoxy) is 2. The average Bonchev–Trinajstić information content (AvgIpc) is 3.70. The number of nitrogens with one attached hydrogen (secondary N) is 2. The van der Waals surface area contributed by atoms with Gasteiger partial charge in [0.15, 0.2) is 31.8 Å². The molecule has 0 bridgehead atoms. The van der Waals surface area contributed by atoms with Gasteiger partial charge in [-0.25, -0.2) is 18.9 Å². The van der Waals surface area contributed by atoms with Crippen LogP contribution in [0.25, 0.3) is 11.2 Å². The first-order valence-corrected chi connectivity index (χ1v) is 20.0. The molecular weight excluding hydrogens is 649 g/mol. The number of Topliss-reactive ketones (excluding diaryl/α,β-unsaturated/α-hetero) is 1.